The summed E-state index contributed by atoms with van der Waals surface area (Å²) in [7, 11) is -3.90. The summed E-state index contributed by atoms with van der Waals surface area (Å²) in [5.74, 6) is 3.65. The van der Waals surface area contributed by atoms with Crippen LogP contribution in [-0.2, 0) is 14.6 Å². The van der Waals surface area contributed by atoms with Crippen LogP contribution in [0.15, 0.2) is 46.7 Å². The second-order valence-corrected chi connectivity index (χ2v) is 10.3. The van der Waals surface area contributed by atoms with Gasteiger partial charge < -0.3 is 10.1 Å². The number of nitrogens with one attached hydrogen (secondary N) is 1. The zero-order valence-electron chi connectivity index (χ0n) is 17.5. The third kappa shape index (κ3) is 5.37. The summed E-state index contributed by atoms with van der Waals surface area (Å²) in [4.78, 5) is 25.9. The topological polar surface area (TPSA) is 113 Å². The van der Waals surface area contributed by atoms with E-state index in [1.807, 2.05) is 0 Å². The number of nitrogens with zero attached hydrogens (tertiary/aromatic N) is 1. The fourth-order valence-electron chi connectivity index (χ4n) is 3.53. The predicted octanol–water partition coefficient (Wildman–Crippen LogP) is 2.35. The molecule has 170 valence electrons. The maximum Gasteiger partial charge on any atom is 0.294 e. The number of ether oxygens (including phenoxy) is 1. The summed E-state index contributed by atoms with van der Waals surface area (Å²) in [6, 6.07) is 9.00. The molecular weight excluding hydrogens is 452 g/mol. The highest BCUT2D eigenvalue weighted by Crippen LogP contribution is 2.35. The lowest BCUT2D eigenvalue weighted by Crippen LogP contribution is -2.53. The highest BCUT2D eigenvalue weighted by Gasteiger charge is 2.47. The molecule has 0 unspecified atom stereocenters. The lowest BCUT2D eigenvalue weighted by atomic mass is 9.79. The minimum absolute atomic E-state index is 0.0335. The molecule has 1 aliphatic rings. The zero-order chi connectivity index (χ0) is 23.2. The van der Waals surface area contributed by atoms with Crippen LogP contribution in [0.4, 0.5) is 0 Å². The minimum atomic E-state index is -3.90. The molecule has 2 aromatic rings. The molecule has 0 saturated carbocycles. The number of carbonyl (C=O) groups excluding carboxylic acids is 2. The first-order chi connectivity index (χ1) is 15.3. The van der Waals surface area contributed by atoms with Gasteiger partial charge in [0.1, 0.15) is 12.4 Å². The summed E-state index contributed by atoms with van der Waals surface area (Å²) in [5.41, 5.74) is -1.42. The summed E-state index contributed by atoms with van der Waals surface area (Å²) < 4.78 is 31.8. The van der Waals surface area contributed by atoms with Crippen molar-refractivity contribution in [3.63, 3.8) is 0 Å². The predicted molar refractivity (Wildman–Crippen MR) is 119 cm³/mol. The van der Waals surface area contributed by atoms with Gasteiger partial charge in [-0.15, -0.1) is 17.3 Å². The Morgan fingerprint density at radius 2 is 1.91 bits per heavy atom. The van der Waals surface area contributed by atoms with Gasteiger partial charge in [0, 0.05) is 0 Å². The van der Waals surface area contributed by atoms with E-state index >= 15 is 0 Å². The molecule has 2 heterocycles. The molecule has 1 aromatic heterocycles. The van der Waals surface area contributed by atoms with E-state index in [4.69, 9.17) is 4.74 Å². The van der Waals surface area contributed by atoms with E-state index in [2.05, 4.69) is 17.2 Å². The van der Waals surface area contributed by atoms with E-state index < -0.39 is 32.8 Å². The van der Waals surface area contributed by atoms with E-state index in [-0.39, 0.29) is 34.3 Å². The number of hydrogen-bond donors (Lipinski definition) is 2. The quantitative estimate of drug-likeness (QED) is 0.273. The van der Waals surface area contributed by atoms with Gasteiger partial charge in [0.25, 0.3) is 11.8 Å². The molecule has 3 rings (SSSR count). The summed E-state index contributed by atoms with van der Waals surface area (Å²) >= 11 is 1.09. The van der Waals surface area contributed by atoms with Crippen molar-refractivity contribution in [3.8, 4) is 17.6 Å². The normalized spacial score (nSPS) is 15.3. The van der Waals surface area contributed by atoms with Gasteiger partial charge in [0.2, 0.25) is 0 Å². The van der Waals surface area contributed by atoms with Crippen LogP contribution >= 0.6 is 11.3 Å². The highest BCUT2D eigenvalue weighted by molar-refractivity contribution is 7.91. The van der Waals surface area contributed by atoms with Crippen LogP contribution in [-0.4, -0.2) is 56.0 Å². The zero-order valence-corrected chi connectivity index (χ0v) is 19.2. The summed E-state index contributed by atoms with van der Waals surface area (Å²) in [6.07, 6.45) is 0.355. The van der Waals surface area contributed by atoms with Crippen LogP contribution in [0, 0.1) is 17.3 Å². The number of benzene rings is 1. The van der Waals surface area contributed by atoms with E-state index in [1.165, 1.54) is 30.3 Å². The molecule has 0 radical (unpaired) electrons. The van der Waals surface area contributed by atoms with Crippen molar-refractivity contribution < 1.29 is 28.0 Å². The van der Waals surface area contributed by atoms with Crippen LogP contribution in [0.25, 0.3) is 0 Å². The summed E-state index contributed by atoms with van der Waals surface area (Å²) in [6.45, 7) is 2.68. The Hall–Kier alpha value is -2.71. The largest absolute Gasteiger partial charge is 0.481 e. The first kappa shape index (κ1) is 23.9. The fraction of sp³-hybridized carbons (Fsp3) is 0.364. The second kappa shape index (κ2) is 10.3. The van der Waals surface area contributed by atoms with Crippen molar-refractivity contribution in [3.05, 3.63) is 46.7 Å². The molecule has 0 aliphatic carbocycles. The highest BCUT2D eigenvalue weighted by atomic mass is 32.2. The molecule has 0 atom stereocenters. The SMILES string of the molecule is CC#CCOc1ccc(S(=O)(=O)CC2(C(=O)N(O)C(=O)c3cccs3)CCNCC2)cc1. The maximum atomic E-state index is 13.2. The number of hydrogen-bond acceptors (Lipinski definition) is 8. The van der Waals surface area contributed by atoms with Crippen molar-refractivity contribution in [1.29, 1.82) is 0 Å². The Morgan fingerprint density at radius 3 is 2.50 bits per heavy atom. The number of piperidine rings is 1. The molecule has 0 spiro atoms. The maximum absolute atomic E-state index is 13.2. The lowest BCUT2D eigenvalue weighted by Gasteiger charge is -2.37. The molecule has 8 nitrogen and oxygen atoms in total. The molecule has 0 bridgehead atoms. The molecule has 1 saturated heterocycles. The smallest absolute Gasteiger partial charge is 0.294 e. The van der Waals surface area contributed by atoms with E-state index in [0.717, 1.165) is 11.3 Å². The lowest BCUT2D eigenvalue weighted by molar-refractivity contribution is -0.165. The van der Waals surface area contributed by atoms with Crippen molar-refractivity contribution in [2.75, 3.05) is 25.4 Å². The van der Waals surface area contributed by atoms with Gasteiger partial charge in [-0.3, -0.25) is 14.8 Å². The van der Waals surface area contributed by atoms with E-state index in [1.54, 1.807) is 18.4 Å². The number of hydroxylamine groups is 2. The van der Waals surface area contributed by atoms with Crippen molar-refractivity contribution in [2.24, 2.45) is 5.41 Å². The Bertz CT molecular complexity index is 1110. The summed E-state index contributed by atoms with van der Waals surface area (Å²) in [5, 5.41) is 15.2. The van der Waals surface area contributed by atoms with Crippen LogP contribution < -0.4 is 10.1 Å². The van der Waals surface area contributed by atoms with Gasteiger partial charge in [-0.05, 0) is 68.6 Å². The average molecular weight is 477 g/mol. The minimum Gasteiger partial charge on any atom is -0.481 e. The Kier molecular flexibility index (Phi) is 7.69. The standard InChI is InChI=1S/C22H24N2O6S2/c1-2-3-14-30-17-6-8-18(9-7-17)32(28,29)16-22(10-12-23-13-11-22)21(26)24(27)20(25)19-5-4-15-31-19/h4-9,15,23,27H,10-14,16H2,1H3. The van der Waals surface area contributed by atoms with E-state index in [0.29, 0.717) is 18.8 Å². The molecule has 10 heteroatoms. The molecule has 1 aromatic carbocycles. The monoisotopic (exact) mass is 476 g/mol. The van der Waals surface area contributed by atoms with Gasteiger partial charge in [-0.2, -0.15) is 5.06 Å². The van der Waals surface area contributed by atoms with Gasteiger partial charge in [0.15, 0.2) is 9.84 Å². The molecular formula is C22H24N2O6S2. The van der Waals surface area contributed by atoms with Crippen molar-refractivity contribution in [2.45, 2.75) is 24.7 Å². The Balaban J connectivity index is 1.83. The average Bonchev–Trinajstić information content (AvgIpc) is 3.33. The number of rotatable bonds is 7. The van der Waals surface area contributed by atoms with Crippen molar-refractivity contribution >= 4 is 33.0 Å². The van der Waals surface area contributed by atoms with Gasteiger partial charge >= 0.3 is 0 Å². The Labute approximate surface area is 191 Å². The van der Waals surface area contributed by atoms with Gasteiger partial charge in [0.05, 0.1) is 20.9 Å². The van der Waals surface area contributed by atoms with Crippen LogP contribution in [0.1, 0.15) is 29.4 Å². The number of thiophene rings is 1. The van der Waals surface area contributed by atoms with E-state index in [9.17, 15) is 23.2 Å². The van der Waals surface area contributed by atoms with Gasteiger partial charge in [-0.25, -0.2) is 8.42 Å². The van der Waals surface area contributed by atoms with Crippen LogP contribution in [0.5, 0.6) is 5.75 Å². The molecule has 32 heavy (non-hydrogen) atoms. The third-order valence-corrected chi connectivity index (χ3v) is 8.05. The fourth-order valence-corrected chi connectivity index (χ4v) is 6.03. The molecule has 1 fully saturated rings. The van der Waals surface area contributed by atoms with Crippen LogP contribution in [0.2, 0.25) is 0 Å². The Morgan fingerprint density at radius 1 is 1.22 bits per heavy atom. The first-order valence-corrected chi connectivity index (χ1v) is 12.5. The molecule has 1 aliphatic heterocycles. The van der Waals surface area contributed by atoms with Crippen LogP contribution in [0.3, 0.4) is 0 Å². The molecule has 2 amide bonds. The van der Waals surface area contributed by atoms with Crippen molar-refractivity contribution in [1.82, 2.24) is 10.4 Å². The first-order valence-electron chi connectivity index (χ1n) is 9.96. The van der Waals surface area contributed by atoms with Gasteiger partial charge in [-0.1, -0.05) is 12.0 Å². The number of carbonyl (C=O) groups is 2. The number of amides is 2. The third-order valence-electron chi connectivity index (χ3n) is 5.27. The second-order valence-electron chi connectivity index (χ2n) is 7.38. The number of sulfone groups is 1. The number of imide groups is 1. The molecule has 2 N–H and O–H groups in total.